The van der Waals surface area contributed by atoms with E-state index in [1.165, 1.54) is 30.6 Å². The normalized spacial score (nSPS) is 17.5. The first-order valence-electron chi connectivity index (χ1n) is 6.42. The number of hydrogen-bond donors (Lipinski definition) is 1. The first-order chi connectivity index (χ1) is 7.61. The summed E-state index contributed by atoms with van der Waals surface area (Å²) < 4.78 is 2.07. The standard InChI is InChI=1S/C13H23N3/c1-5-16-11(4)13(10(3)15-16)14-9(2)8-12-6-7-12/h9,12,14H,5-8H2,1-4H3. The van der Waals surface area contributed by atoms with Gasteiger partial charge < -0.3 is 5.32 Å². The van der Waals surface area contributed by atoms with Crippen LogP contribution in [0.4, 0.5) is 5.69 Å². The molecule has 1 atom stereocenters. The van der Waals surface area contributed by atoms with Crippen molar-refractivity contribution in [1.82, 2.24) is 9.78 Å². The Morgan fingerprint density at radius 2 is 2.12 bits per heavy atom. The van der Waals surface area contributed by atoms with Gasteiger partial charge in [-0.05, 0) is 40.0 Å². The van der Waals surface area contributed by atoms with E-state index in [0.717, 1.165) is 18.2 Å². The third-order valence-corrected chi connectivity index (χ3v) is 3.46. The molecule has 1 N–H and O–H groups in total. The second-order valence-corrected chi connectivity index (χ2v) is 5.09. The van der Waals surface area contributed by atoms with Gasteiger partial charge in [0, 0.05) is 12.6 Å². The van der Waals surface area contributed by atoms with Crippen LogP contribution < -0.4 is 5.32 Å². The van der Waals surface area contributed by atoms with Crippen LogP contribution in [0.5, 0.6) is 0 Å². The number of anilines is 1. The first kappa shape index (κ1) is 11.5. The second kappa shape index (κ2) is 4.48. The Bertz CT molecular complexity index is 363. The molecule has 1 heterocycles. The molecule has 0 amide bonds. The lowest BCUT2D eigenvalue weighted by atomic mass is 10.1. The smallest absolute Gasteiger partial charge is 0.0828 e. The number of nitrogens with zero attached hydrogens (tertiary/aromatic N) is 2. The molecule has 90 valence electrons. The van der Waals surface area contributed by atoms with Crippen LogP contribution in [0.1, 0.15) is 44.5 Å². The fourth-order valence-corrected chi connectivity index (χ4v) is 2.37. The number of aryl methyl sites for hydroxylation is 2. The molecule has 1 aromatic rings. The Labute approximate surface area is 98.2 Å². The number of aromatic nitrogens is 2. The summed E-state index contributed by atoms with van der Waals surface area (Å²) in [6.45, 7) is 9.60. The average Bonchev–Trinajstić information content (AvgIpc) is 3.00. The highest BCUT2D eigenvalue weighted by atomic mass is 15.3. The molecule has 0 spiro atoms. The number of nitrogens with one attached hydrogen (secondary N) is 1. The maximum atomic E-state index is 4.53. The van der Waals surface area contributed by atoms with E-state index in [1.54, 1.807) is 0 Å². The third-order valence-electron chi connectivity index (χ3n) is 3.46. The van der Waals surface area contributed by atoms with Crippen molar-refractivity contribution in [3.05, 3.63) is 11.4 Å². The summed E-state index contributed by atoms with van der Waals surface area (Å²) in [5.41, 5.74) is 3.64. The predicted molar refractivity (Wildman–Crippen MR) is 67.8 cm³/mol. The summed E-state index contributed by atoms with van der Waals surface area (Å²) in [5, 5.41) is 8.15. The van der Waals surface area contributed by atoms with Gasteiger partial charge in [0.25, 0.3) is 0 Å². The maximum Gasteiger partial charge on any atom is 0.0828 e. The Morgan fingerprint density at radius 3 is 2.62 bits per heavy atom. The lowest BCUT2D eigenvalue weighted by molar-refractivity contribution is 0.631. The van der Waals surface area contributed by atoms with Crippen molar-refractivity contribution < 1.29 is 0 Å². The molecule has 3 nitrogen and oxygen atoms in total. The van der Waals surface area contributed by atoms with Crippen LogP contribution in [0.25, 0.3) is 0 Å². The van der Waals surface area contributed by atoms with Crippen molar-refractivity contribution in [2.75, 3.05) is 5.32 Å². The van der Waals surface area contributed by atoms with Gasteiger partial charge in [0.1, 0.15) is 0 Å². The lowest BCUT2D eigenvalue weighted by Crippen LogP contribution is -2.16. The van der Waals surface area contributed by atoms with Gasteiger partial charge in [0.05, 0.1) is 17.1 Å². The zero-order chi connectivity index (χ0) is 11.7. The fourth-order valence-electron chi connectivity index (χ4n) is 2.37. The Morgan fingerprint density at radius 1 is 1.44 bits per heavy atom. The third kappa shape index (κ3) is 2.39. The van der Waals surface area contributed by atoms with Crippen LogP contribution in [0.15, 0.2) is 0 Å². The highest BCUT2D eigenvalue weighted by molar-refractivity contribution is 5.52. The Hall–Kier alpha value is -0.990. The van der Waals surface area contributed by atoms with Gasteiger partial charge in [0.15, 0.2) is 0 Å². The minimum absolute atomic E-state index is 0.569. The fraction of sp³-hybridized carbons (Fsp3) is 0.769. The van der Waals surface area contributed by atoms with Crippen molar-refractivity contribution in [1.29, 1.82) is 0 Å². The molecule has 16 heavy (non-hydrogen) atoms. The molecular weight excluding hydrogens is 198 g/mol. The number of rotatable bonds is 5. The largest absolute Gasteiger partial charge is 0.380 e. The van der Waals surface area contributed by atoms with E-state index in [2.05, 4.69) is 42.8 Å². The first-order valence-corrected chi connectivity index (χ1v) is 6.42. The molecule has 0 radical (unpaired) electrons. The van der Waals surface area contributed by atoms with Gasteiger partial charge in [0.2, 0.25) is 0 Å². The molecule has 0 saturated heterocycles. The van der Waals surface area contributed by atoms with Crippen molar-refractivity contribution in [2.24, 2.45) is 5.92 Å². The molecule has 1 aliphatic rings. The molecule has 0 bridgehead atoms. The highest BCUT2D eigenvalue weighted by Gasteiger charge is 2.24. The van der Waals surface area contributed by atoms with Gasteiger partial charge >= 0.3 is 0 Å². The molecule has 1 saturated carbocycles. The highest BCUT2D eigenvalue weighted by Crippen LogP contribution is 2.34. The summed E-state index contributed by atoms with van der Waals surface area (Å²) in [5.74, 6) is 0.976. The molecule has 0 aliphatic heterocycles. The molecule has 1 aromatic heterocycles. The van der Waals surface area contributed by atoms with Gasteiger partial charge in [-0.2, -0.15) is 5.10 Å². The van der Waals surface area contributed by atoms with E-state index in [-0.39, 0.29) is 0 Å². The molecule has 2 rings (SSSR count). The van der Waals surface area contributed by atoms with Gasteiger partial charge in [-0.1, -0.05) is 12.8 Å². The van der Waals surface area contributed by atoms with Crippen LogP contribution in [-0.2, 0) is 6.54 Å². The van der Waals surface area contributed by atoms with Crippen molar-refractivity contribution in [3.63, 3.8) is 0 Å². The Balaban J connectivity index is 2.04. The maximum absolute atomic E-state index is 4.53. The van der Waals surface area contributed by atoms with E-state index < -0.39 is 0 Å². The van der Waals surface area contributed by atoms with Crippen molar-refractivity contribution in [2.45, 2.75) is 59.5 Å². The minimum Gasteiger partial charge on any atom is -0.380 e. The zero-order valence-corrected chi connectivity index (χ0v) is 10.9. The summed E-state index contributed by atoms with van der Waals surface area (Å²) >= 11 is 0. The summed E-state index contributed by atoms with van der Waals surface area (Å²) in [6.07, 6.45) is 4.16. The number of hydrogen-bond acceptors (Lipinski definition) is 2. The van der Waals surface area contributed by atoms with E-state index in [0.29, 0.717) is 6.04 Å². The monoisotopic (exact) mass is 221 g/mol. The predicted octanol–water partition coefficient (Wildman–Crippen LogP) is 3.12. The van der Waals surface area contributed by atoms with Crippen molar-refractivity contribution >= 4 is 5.69 Å². The van der Waals surface area contributed by atoms with Gasteiger partial charge in [-0.3, -0.25) is 4.68 Å². The van der Waals surface area contributed by atoms with Crippen LogP contribution in [-0.4, -0.2) is 15.8 Å². The molecule has 1 aliphatic carbocycles. The van der Waals surface area contributed by atoms with E-state index in [1.807, 2.05) is 0 Å². The summed E-state index contributed by atoms with van der Waals surface area (Å²) in [7, 11) is 0. The summed E-state index contributed by atoms with van der Waals surface area (Å²) in [6, 6.07) is 0.569. The SMILES string of the molecule is CCn1nc(C)c(NC(C)CC2CC2)c1C. The quantitative estimate of drug-likeness (QED) is 0.828. The molecule has 1 unspecified atom stereocenters. The molecule has 0 aromatic carbocycles. The topological polar surface area (TPSA) is 29.9 Å². The van der Waals surface area contributed by atoms with Gasteiger partial charge in [-0.25, -0.2) is 0 Å². The van der Waals surface area contributed by atoms with E-state index in [9.17, 15) is 0 Å². The zero-order valence-electron chi connectivity index (χ0n) is 10.9. The van der Waals surface area contributed by atoms with Crippen LogP contribution in [0.2, 0.25) is 0 Å². The van der Waals surface area contributed by atoms with E-state index in [4.69, 9.17) is 0 Å². The average molecular weight is 221 g/mol. The van der Waals surface area contributed by atoms with Gasteiger partial charge in [-0.15, -0.1) is 0 Å². The summed E-state index contributed by atoms with van der Waals surface area (Å²) in [4.78, 5) is 0. The van der Waals surface area contributed by atoms with Crippen molar-refractivity contribution in [3.8, 4) is 0 Å². The minimum atomic E-state index is 0.569. The Kier molecular flexibility index (Phi) is 3.22. The second-order valence-electron chi connectivity index (χ2n) is 5.09. The van der Waals surface area contributed by atoms with Crippen LogP contribution in [0, 0.1) is 19.8 Å². The van der Waals surface area contributed by atoms with Crippen LogP contribution >= 0.6 is 0 Å². The molecule has 1 fully saturated rings. The molecule has 3 heteroatoms. The van der Waals surface area contributed by atoms with Crippen LogP contribution in [0.3, 0.4) is 0 Å². The lowest BCUT2D eigenvalue weighted by Gasteiger charge is -2.15. The molecular formula is C13H23N3. The van der Waals surface area contributed by atoms with E-state index >= 15 is 0 Å².